The number of anilines is 1. The predicted molar refractivity (Wildman–Crippen MR) is 127 cm³/mol. The van der Waals surface area contributed by atoms with Gasteiger partial charge in [-0.3, -0.25) is 9.59 Å². The van der Waals surface area contributed by atoms with Gasteiger partial charge in [-0.05, 0) is 53.6 Å². The zero-order valence-electron chi connectivity index (χ0n) is 18.8. The van der Waals surface area contributed by atoms with E-state index in [4.69, 9.17) is 10.5 Å². The van der Waals surface area contributed by atoms with Crippen LogP contribution in [-0.2, 0) is 17.8 Å². The van der Waals surface area contributed by atoms with Crippen molar-refractivity contribution in [2.24, 2.45) is 0 Å². The molecule has 2 aromatic heterocycles. The van der Waals surface area contributed by atoms with Gasteiger partial charge < -0.3 is 26.1 Å². The summed E-state index contributed by atoms with van der Waals surface area (Å²) in [6, 6.07) is 12.5. The van der Waals surface area contributed by atoms with Gasteiger partial charge in [0.1, 0.15) is 23.3 Å². The highest BCUT2D eigenvalue weighted by molar-refractivity contribution is 6.00. The van der Waals surface area contributed by atoms with Gasteiger partial charge >= 0.3 is 0 Å². The number of hydrogen-bond donors (Lipinski definition) is 4. The first-order valence-electron chi connectivity index (χ1n) is 10.7. The maximum Gasteiger partial charge on any atom is 0.268 e. The fraction of sp³-hybridized carbons (Fsp3) is 0.160. The zero-order chi connectivity index (χ0) is 24.9. The third-order valence-electron chi connectivity index (χ3n) is 5.43. The number of nitrogens with one attached hydrogen (secondary N) is 3. The van der Waals surface area contributed by atoms with Crippen LogP contribution >= 0.6 is 0 Å². The molecular formula is C25H23F2N5O3. The molecule has 4 aromatic rings. The molecule has 2 amide bonds. The Bertz CT molecular complexity index is 1370. The predicted octanol–water partition coefficient (Wildman–Crippen LogP) is 3.09. The second kappa shape index (κ2) is 10.2. The average molecular weight is 479 g/mol. The number of benzene rings is 2. The smallest absolute Gasteiger partial charge is 0.268 e. The summed E-state index contributed by atoms with van der Waals surface area (Å²) in [6.45, 7) is 0.141. The van der Waals surface area contributed by atoms with Gasteiger partial charge in [0.05, 0.1) is 7.11 Å². The molecule has 2 aromatic carbocycles. The van der Waals surface area contributed by atoms with E-state index in [2.05, 4.69) is 20.6 Å². The van der Waals surface area contributed by atoms with Crippen LogP contribution in [0, 0.1) is 11.6 Å². The zero-order valence-corrected chi connectivity index (χ0v) is 18.8. The minimum atomic E-state index is -1.06. The quantitative estimate of drug-likeness (QED) is 0.309. The van der Waals surface area contributed by atoms with Crippen LogP contribution in [0.2, 0.25) is 0 Å². The van der Waals surface area contributed by atoms with Crippen molar-refractivity contribution in [1.82, 2.24) is 20.6 Å². The second-order valence-electron chi connectivity index (χ2n) is 7.92. The lowest BCUT2D eigenvalue weighted by Gasteiger charge is -2.18. The van der Waals surface area contributed by atoms with Crippen LogP contribution in [0.4, 0.5) is 14.6 Å². The van der Waals surface area contributed by atoms with Crippen molar-refractivity contribution in [3.05, 3.63) is 89.2 Å². The van der Waals surface area contributed by atoms with Crippen LogP contribution in [0.3, 0.4) is 0 Å². The topological polar surface area (TPSA) is 122 Å². The maximum atomic E-state index is 13.7. The summed E-state index contributed by atoms with van der Waals surface area (Å²) < 4.78 is 32.3. The molecule has 0 aliphatic carbocycles. The van der Waals surface area contributed by atoms with Crippen molar-refractivity contribution >= 4 is 28.5 Å². The van der Waals surface area contributed by atoms with Crippen molar-refractivity contribution in [2.75, 3.05) is 12.8 Å². The van der Waals surface area contributed by atoms with Gasteiger partial charge in [0, 0.05) is 30.1 Å². The minimum absolute atomic E-state index is 0.0528. The Morgan fingerprint density at radius 3 is 2.57 bits per heavy atom. The van der Waals surface area contributed by atoms with E-state index in [1.807, 2.05) is 0 Å². The Balaban J connectivity index is 1.53. The molecule has 35 heavy (non-hydrogen) atoms. The molecule has 0 spiro atoms. The molecular weight excluding hydrogens is 456 g/mol. The largest absolute Gasteiger partial charge is 0.497 e. The number of pyridine rings is 1. The number of halogens is 2. The van der Waals surface area contributed by atoms with Gasteiger partial charge in [-0.1, -0.05) is 12.1 Å². The molecule has 0 unspecified atom stereocenters. The molecule has 8 nitrogen and oxygen atoms in total. The van der Waals surface area contributed by atoms with E-state index in [1.54, 1.807) is 43.5 Å². The molecule has 1 atom stereocenters. The van der Waals surface area contributed by atoms with Crippen LogP contribution in [0.15, 0.2) is 60.8 Å². The fourth-order valence-corrected chi connectivity index (χ4v) is 3.56. The standard InChI is InChI=1S/C25H23F2N5O3/c1-35-17-4-6-20-16(10-17)11-22(31-20)25(34)32-21(9-14-2-5-18(26)19(27)8-14)24(33)30-13-15-3-7-23(28)29-12-15/h2-8,10-12,21,31H,9,13H2,1H3,(H2,28,29)(H,30,33)(H,32,34)/t21-/m0/s1. The molecule has 0 fully saturated rings. The number of fused-ring (bicyclic) bond motifs is 1. The number of amides is 2. The van der Waals surface area contributed by atoms with Crippen molar-refractivity contribution in [1.29, 1.82) is 0 Å². The van der Waals surface area contributed by atoms with Crippen LogP contribution < -0.4 is 21.1 Å². The lowest BCUT2D eigenvalue weighted by atomic mass is 10.0. The molecule has 180 valence electrons. The lowest BCUT2D eigenvalue weighted by molar-refractivity contribution is -0.123. The van der Waals surface area contributed by atoms with Crippen molar-refractivity contribution in [3.8, 4) is 5.75 Å². The van der Waals surface area contributed by atoms with E-state index in [1.165, 1.54) is 12.3 Å². The molecule has 0 saturated heterocycles. The van der Waals surface area contributed by atoms with Crippen molar-refractivity contribution < 1.29 is 23.1 Å². The minimum Gasteiger partial charge on any atom is -0.497 e. The highest BCUT2D eigenvalue weighted by Crippen LogP contribution is 2.21. The Hall–Kier alpha value is -4.47. The summed E-state index contributed by atoms with van der Waals surface area (Å²) in [5, 5.41) is 6.18. The Morgan fingerprint density at radius 2 is 1.86 bits per heavy atom. The average Bonchev–Trinajstić information content (AvgIpc) is 3.29. The first-order chi connectivity index (χ1) is 16.8. The van der Waals surface area contributed by atoms with E-state index >= 15 is 0 Å². The lowest BCUT2D eigenvalue weighted by Crippen LogP contribution is -2.48. The first-order valence-corrected chi connectivity index (χ1v) is 10.7. The van der Waals surface area contributed by atoms with Crippen LogP contribution in [0.5, 0.6) is 5.75 Å². The number of nitrogen functional groups attached to an aromatic ring is 1. The molecule has 0 bridgehead atoms. The molecule has 4 rings (SSSR count). The highest BCUT2D eigenvalue weighted by Gasteiger charge is 2.23. The molecule has 0 aliphatic heterocycles. The molecule has 2 heterocycles. The number of hydrogen-bond acceptors (Lipinski definition) is 5. The van der Waals surface area contributed by atoms with E-state index in [0.29, 0.717) is 28.2 Å². The van der Waals surface area contributed by atoms with Gasteiger partial charge in [-0.2, -0.15) is 0 Å². The van der Waals surface area contributed by atoms with Crippen molar-refractivity contribution in [2.45, 2.75) is 19.0 Å². The molecule has 0 radical (unpaired) electrons. The number of nitrogens with two attached hydrogens (primary N) is 1. The fourth-order valence-electron chi connectivity index (χ4n) is 3.56. The number of H-pyrrole nitrogens is 1. The maximum absolute atomic E-state index is 13.7. The van der Waals surface area contributed by atoms with E-state index in [9.17, 15) is 18.4 Å². The SMILES string of the molecule is COc1ccc2[nH]c(C(=O)N[C@@H](Cc3ccc(F)c(F)c3)C(=O)NCc3ccc(N)nc3)cc2c1. The Labute approximate surface area is 199 Å². The Kier molecular flexibility index (Phi) is 6.91. The summed E-state index contributed by atoms with van der Waals surface area (Å²) in [4.78, 5) is 33.0. The molecule has 0 saturated carbocycles. The second-order valence-corrected chi connectivity index (χ2v) is 7.92. The third kappa shape index (κ3) is 5.72. The number of rotatable bonds is 8. The monoisotopic (exact) mass is 479 g/mol. The molecule has 0 aliphatic rings. The summed E-state index contributed by atoms with van der Waals surface area (Å²) in [5.41, 5.74) is 7.58. The van der Waals surface area contributed by atoms with Gasteiger partial charge in [0.2, 0.25) is 5.91 Å². The number of aromatic nitrogens is 2. The van der Waals surface area contributed by atoms with Gasteiger partial charge in [-0.25, -0.2) is 13.8 Å². The number of carbonyl (C=O) groups excluding carboxylic acids is 2. The normalized spacial score (nSPS) is 11.7. The first kappa shape index (κ1) is 23.7. The van der Waals surface area contributed by atoms with Crippen LogP contribution in [0.1, 0.15) is 21.6 Å². The van der Waals surface area contributed by atoms with E-state index in [0.717, 1.165) is 17.5 Å². The molecule has 10 heteroatoms. The number of methoxy groups -OCH3 is 1. The summed E-state index contributed by atoms with van der Waals surface area (Å²) in [6.07, 6.45) is 1.47. The van der Waals surface area contributed by atoms with Crippen molar-refractivity contribution in [3.63, 3.8) is 0 Å². The summed E-state index contributed by atoms with van der Waals surface area (Å²) in [5.74, 6) is -2.08. The number of aromatic amines is 1. The third-order valence-corrected chi connectivity index (χ3v) is 5.43. The van der Waals surface area contributed by atoms with Crippen LogP contribution in [0.25, 0.3) is 10.9 Å². The summed E-state index contributed by atoms with van der Waals surface area (Å²) in [7, 11) is 1.55. The number of nitrogens with zero attached hydrogens (tertiary/aromatic N) is 1. The number of carbonyl (C=O) groups is 2. The molecule has 5 N–H and O–H groups in total. The summed E-state index contributed by atoms with van der Waals surface area (Å²) >= 11 is 0. The van der Waals surface area contributed by atoms with Gasteiger partial charge in [0.15, 0.2) is 11.6 Å². The van der Waals surface area contributed by atoms with Gasteiger partial charge in [0.25, 0.3) is 5.91 Å². The Morgan fingerprint density at radius 1 is 1.06 bits per heavy atom. The van der Waals surface area contributed by atoms with E-state index in [-0.39, 0.29) is 18.7 Å². The van der Waals surface area contributed by atoms with Gasteiger partial charge in [-0.15, -0.1) is 0 Å². The van der Waals surface area contributed by atoms with E-state index < -0.39 is 29.5 Å². The highest BCUT2D eigenvalue weighted by atomic mass is 19.2. The number of ether oxygens (including phenoxy) is 1. The van der Waals surface area contributed by atoms with Crippen LogP contribution in [-0.4, -0.2) is 34.9 Å².